The van der Waals surface area contributed by atoms with Crippen molar-refractivity contribution < 1.29 is 0 Å². The highest BCUT2D eigenvalue weighted by molar-refractivity contribution is 6.44. The fraction of sp³-hybridized carbons (Fsp3) is 0.391. The van der Waals surface area contributed by atoms with Gasteiger partial charge in [-0.25, -0.2) is 0 Å². The first-order chi connectivity index (χ1) is 11.8. The molecule has 0 heterocycles. The predicted molar refractivity (Wildman–Crippen MR) is 109 cm³/mol. The normalized spacial score (nSPS) is 25.7. The van der Waals surface area contributed by atoms with Gasteiger partial charge in [0.15, 0.2) is 0 Å². The molecule has 2 aliphatic carbocycles. The van der Waals surface area contributed by atoms with Crippen LogP contribution in [0.3, 0.4) is 0 Å². The minimum Gasteiger partial charge on any atom is -0.0840 e. The summed E-state index contributed by atoms with van der Waals surface area (Å²) in [4.78, 5) is 0. The van der Waals surface area contributed by atoms with Gasteiger partial charge in [-0.1, -0.05) is 99.1 Å². The van der Waals surface area contributed by atoms with Gasteiger partial charge in [0.05, 0.1) is 0 Å². The Hall–Kier alpha value is -1.60. The molecule has 3 rings (SSSR count). The van der Waals surface area contributed by atoms with E-state index in [-0.39, 0.29) is 9.52 Å². The van der Waals surface area contributed by atoms with E-state index in [0.29, 0.717) is 5.04 Å². The van der Waals surface area contributed by atoms with Gasteiger partial charge in [0.25, 0.3) is 0 Å². The number of allylic oxidation sites excluding steroid dienone is 8. The monoisotopic (exact) mass is 334 g/mol. The van der Waals surface area contributed by atoms with Crippen LogP contribution in [0.15, 0.2) is 78.4 Å². The highest BCUT2D eigenvalue weighted by atomic mass is 28.2. The molecule has 1 heteroatoms. The van der Waals surface area contributed by atoms with Gasteiger partial charge in [-0.2, -0.15) is 0 Å². The topological polar surface area (TPSA) is 0 Å². The Bertz CT molecular complexity index is 635. The molecule has 2 aliphatic rings. The average Bonchev–Trinajstić information content (AvgIpc) is 3.03. The Morgan fingerprint density at radius 1 is 1.12 bits per heavy atom. The summed E-state index contributed by atoms with van der Waals surface area (Å²) in [6, 6.07) is 10.9. The molecule has 126 valence electrons. The molecular formula is C23H30Si. The number of unbranched alkanes of at least 4 members (excludes halogenated alkanes) is 2. The van der Waals surface area contributed by atoms with Crippen LogP contribution in [-0.2, 0) is 6.42 Å². The van der Waals surface area contributed by atoms with Crippen molar-refractivity contribution in [1.29, 1.82) is 0 Å². The van der Waals surface area contributed by atoms with Crippen molar-refractivity contribution in [2.24, 2.45) is 0 Å². The van der Waals surface area contributed by atoms with E-state index < -0.39 is 0 Å². The van der Waals surface area contributed by atoms with Gasteiger partial charge in [0.2, 0.25) is 0 Å². The van der Waals surface area contributed by atoms with Crippen LogP contribution in [0, 0.1) is 0 Å². The van der Waals surface area contributed by atoms with Crippen LogP contribution >= 0.6 is 0 Å². The van der Waals surface area contributed by atoms with Crippen molar-refractivity contribution in [1.82, 2.24) is 0 Å². The molecule has 0 amide bonds. The summed E-state index contributed by atoms with van der Waals surface area (Å²) in [7, 11) is -0.215. The Labute approximate surface area is 149 Å². The van der Waals surface area contributed by atoms with Gasteiger partial charge >= 0.3 is 0 Å². The molecule has 2 unspecified atom stereocenters. The highest BCUT2D eigenvalue weighted by Crippen LogP contribution is 2.44. The van der Waals surface area contributed by atoms with Crippen LogP contribution in [0.4, 0.5) is 0 Å². The molecule has 0 nitrogen and oxygen atoms in total. The maximum Gasteiger partial charge on any atom is 0.0447 e. The van der Waals surface area contributed by atoms with Gasteiger partial charge in [-0.15, -0.1) is 0 Å². The van der Waals surface area contributed by atoms with E-state index in [2.05, 4.69) is 79.8 Å². The summed E-state index contributed by atoms with van der Waals surface area (Å²) in [6.45, 7) is 2.30. The maximum atomic E-state index is 2.56. The second-order valence-corrected chi connectivity index (χ2v) is 10.2. The van der Waals surface area contributed by atoms with E-state index >= 15 is 0 Å². The first kappa shape index (κ1) is 17.2. The minimum absolute atomic E-state index is 0.215. The molecule has 1 aromatic rings. The fourth-order valence-electron chi connectivity index (χ4n) is 4.05. The average molecular weight is 335 g/mol. The molecule has 0 N–H and O–H groups in total. The van der Waals surface area contributed by atoms with Crippen molar-refractivity contribution in [3.8, 4) is 0 Å². The van der Waals surface area contributed by atoms with Crippen molar-refractivity contribution >= 4 is 9.52 Å². The molecule has 0 aliphatic heterocycles. The lowest BCUT2D eigenvalue weighted by atomic mass is 9.93. The zero-order chi connectivity index (χ0) is 16.7. The van der Waals surface area contributed by atoms with Gasteiger partial charge in [0, 0.05) is 9.52 Å². The van der Waals surface area contributed by atoms with E-state index in [1.807, 2.05) is 0 Å². The van der Waals surface area contributed by atoms with E-state index in [0.717, 1.165) is 12.0 Å². The smallest absolute Gasteiger partial charge is 0.0447 e. The minimum atomic E-state index is -0.215. The van der Waals surface area contributed by atoms with Gasteiger partial charge < -0.3 is 0 Å². The van der Waals surface area contributed by atoms with Crippen molar-refractivity contribution in [2.45, 2.75) is 56.0 Å². The lowest BCUT2D eigenvalue weighted by molar-refractivity contribution is 0.552. The van der Waals surface area contributed by atoms with E-state index in [4.69, 9.17) is 0 Å². The number of hydrogen-bond acceptors (Lipinski definition) is 0. The number of rotatable bonds is 8. The van der Waals surface area contributed by atoms with E-state index in [1.165, 1.54) is 43.2 Å². The molecule has 0 bridgehead atoms. The third-order valence-electron chi connectivity index (χ3n) is 5.38. The molecule has 0 radical (unpaired) electrons. The van der Waals surface area contributed by atoms with Gasteiger partial charge in [-0.05, 0) is 41.0 Å². The third-order valence-corrected chi connectivity index (χ3v) is 8.05. The van der Waals surface area contributed by atoms with Crippen LogP contribution in [0.2, 0.25) is 10.6 Å². The van der Waals surface area contributed by atoms with E-state index in [9.17, 15) is 0 Å². The molecule has 0 saturated carbocycles. The van der Waals surface area contributed by atoms with Crippen LogP contribution in [0.25, 0.3) is 0 Å². The fourth-order valence-corrected chi connectivity index (χ4v) is 6.75. The molecular weight excluding hydrogens is 304 g/mol. The second-order valence-electron chi connectivity index (χ2n) is 7.44. The first-order valence-electron chi connectivity index (χ1n) is 9.57. The maximum absolute atomic E-state index is 2.56. The molecule has 2 atom stereocenters. The van der Waals surface area contributed by atoms with Crippen LogP contribution in [0.5, 0.6) is 0 Å². The van der Waals surface area contributed by atoms with Crippen molar-refractivity contribution in [2.75, 3.05) is 0 Å². The Morgan fingerprint density at radius 2 is 2.00 bits per heavy atom. The molecule has 0 spiro atoms. The Balaban J connectivity index is 1.62. The van der Waals surface area contributed by atoms with Crippen LogP contribution in [-0.4, -0.2) is 9.52 Å². The van der Waals surface area contributed by atoms with Crippen molar-refractivity contribution in [3.05, 3.63) is 84.0 Å². The molecule has 0 saturated heterocycles. The largest absolute Gasteiger partial charge is 0.0840 e. The highest BCUT2D eigenvalue weighted by Gasteiger charge is 2.30. The Morgan fingerprint density at radius 3 is 2.75 bits per heavy atom. The third kappa shape index (κ3) is 4.70. The lowest BCUT2D eigenvalue weighted by Crippen LogP contribution is -2.21. The molecule has 0 aromatic heterocycles. The molecule has 24 heavy (non-hydrogen) atoms. The predicted octanol–water partition coefficient (Wildman–Crippen LogP) is 5.94. The SMILES string of the molecule is CCCCCC1([SiH2]C2C=CC(Cc3ccccc3)=C2)C=CC=CC1. The quantitative estimate of drug-likeness (QED) is 0.408. The number of hydrogen-bond donors (Lipinski definition) is 0. The zero-order valence-electron chi connectivity index (χ0n) is 15.0. The summed E-state index contributed by atoms with van der Waals surface area (Å²) in [5, 5.41) is 0.512. The van der Waals surface area contributed by atoms with Crippen LogP contribution in [0.1, 0.15) is 44.6 Å². The lowest BCUT2D eigenvalue weighted by Gasteiger charge is -2.33. The van der Waals surface area contributed by atoms with Crippen LogP contribution < -0.4 is 0 Å². The zero-order valence-corrected chi connectivity index (χ0v) is 16.4. The van der Waals surface area contributed by atoms with Crippen molar-refractivity contribution in [3.63, 3.8) is 0 Å². The summed E-state index contributed by atoms with van der Waals surface area (Å²) in [5.74, 6) is 0. The summed E-state index contributed by atoms with van der Waals surface area (Å²) < 4.78 is 0. The number of benzene rings is 1. The summed E-state index contributed by atoms with van der Waals surface area (Å²) in [6.07, 6.45) is 24.7. The van der Waals surface area contributed by atoms with Gasteiger partial charge in [0.1, 0.15) is 0 Å². The molecule has 1 aromatic carbocycles. The van der Waals surface area contributed by atoms with E-state index in [1.54, 1.807) is 0 Å². The standard InChI is InChI=1S/C23H30Si/c1-2-3-8-15-23(16-9-5-10-17-23)24-22-14-13-21(19-22)18-20-11-6-4-7-12-20/h4-7,9-14,16,19,22H,2-3,8,15,17-18,24H2,1H3. The summed E-state index contributed by atoms with van der Waals surface area (Å²) >= 11 is 0. The second kappa shape index (κ2) is 8.48. The Kier molecular flexibility index (Phi) is 6.09. The summed E-state index contributed by atoms with van der Waals surface area (Å²) in [5.41, 5.74) is 3.67. The molecule has 0 fully saturated rings. The first-order valence-corrected chi connectivity index (χ1v) is 11.1. The van der Waals surface area contributed by atoms with Gasteiger partial charge in [-0.3, -0.25) is 0 Å².